The zero-order valence-electron chi connectivity index (χ0n) is 16.6. The first-order valence-electron chi connectivity index (χ1n) is 10.2. The molecular formula is C23H26F2O4S. The third-order valence-corrected chi connectivity index (χ3v) is 6.84. The number of rotatable bonds is 10. The van der Waals surface area contributed by atoms with Crippen molar-refractivity contribution in [2.45, 2.75) is 57.0 Å². The molecule has 1 aliphatic rings. The van der Waals surface area contributed by atoms with Crippen molar-refractivity contribution in [2.75, 3.05) is 0 Å². The maximum absolute atomic E-state index is 14.4. The maximum atomic E-state index is 14.4. The van der Waals surface area contributed by atoms with E-state index < -0.39 is 42.0 Å². The van der Waals surface area contributed by atoms with Crippen molar-refractivity contribution in [2.24, 2.45) is 11.8 Å². The predicted molar refractivity (Wildman–Crippen MR) is 113 cm³/mol. The number of aliphatic hydroxyl groups is 1. The van der Waals surface area contributed by atoms with Crippen LogP contribution in [-0.4, -0.2) is 27.9 Å². The summed E-state index contributed by atoms with van der Waals surface area (Å²) in [6.07, 6.45) is 3.88. The number of halogens is 2. The quantitative estimate of drug-likeness (QED) is 0.367. The Hall–Kier alpha value is -2.12. The minimum Gasteiger partial charge on any atom is -0.481 e. The van der Waals surface area contributed by atoms with Crippen LogP contribution < -0.4 is 0 Å². The Bertz CT molecular complexity index is 888. The highest BCUT2D eigenvalue weighted by atomic mass is 32.1. The Balaban J connectivity index is 1.61. The van der Waals surface area contributed by atoms with E-state index in [2.05, 4.69) is 0 Å². The molecule has 1 saturated carbocycles. The lowest BCUT2D eigenvalue weighted by Gasteiger charge is -2.21. The molecule has 1 aromatic carbocycles. The second kappa shape index (κ2) is 9.79. The van der Waals surface area contributed by atoms with E-state index in [1.54, 1.807) is 0 Å². The molecule has 2 N–H and O–H groups in total. The number of benzene rings is 1. The molecule has 0 aliphatic heterocycles. The summed E-state index contributed by atoms with van der Waals surface area (Å²) in [6, 6.07) is 9.59. The van der Waals surface area contributed by atoms with Crippen LogP contribution in [0.4, 0.5) is 8.78 Å². The average Bonchev–Trinajstić information content (AvgIpc) is 3.20. The summed E-state index contributed by atoms with van der Waals surface area (Å²) in [7, 11) is 0. The number of unbranched alkanes of at least 4 members (excludes halogenated alkanes) is 3. The van der Waals surface area contributed by atoms with Gasteiger partial charge in [-0.2, -0.15) is 0 Å². The van der Waals surface area contributed by atoms with Crippen LogP contribution in [0.1, 0.15) is 55.9 Å². The van der Waals surface area contributed by atoms with E-state index in [0.717, 1.165) is 10.1 Å². The Labute approximate surface area is 178 Å². The van der Waals surface area contributed by atoms with Crippen LogP contribution in [0.3, 0.4) is 0 Å². The number of carbonyl (C=O) groups excluding carboxylic acids is 1. The van der Waals surface area contributed by atoms with Gasteiger partial charge in [0.1, 0.15) is 11.9 Å². The number of thiophene rings is 1. The lowest BCUT2D eigenvalue weighted by atomic mass is 9.88. The van der Waals surface area contributed by atoms with Crippen LogP contribution in [-0.2, 0) is 9.59 Å². The van der Waals surface area contributed by atoms with Crippen LogP contribution >= 0.6 is 11.3 Å². The van der Waals surface area contributed by atoms with Crippen molar-refractivity contribution >= 4 is 33.2 Å². The molecule has 1 aliphatic carbocycles. The number of aliphatic carboxylic acids is 1. The van der Waals surface area contributed by atoms with Gasteiger partial charge in [0.25, 0.3) is 5.92 Å². The van der Waals surface area contributed by atoms with E-state index in [1.165, 1.54) is 23.5 Å². The highest BCUT2D eigenvalue weighted by Crippen LogP contribution is 2.46. The van der Waals surface area contributed by atoms with Gasteiger partial charge in [-0.15, -0.1) is 11.3 Å². The Morgan fingerprint density at radius 2 is 1.97 bits per heavy atom. The summed E-state index contributed by atoms with van der Waals surface area (Å²) in [6.45, 7) is 0. The van der Waals surface area contributed by atoms with E-state index in [4.69, 9.17) is 5.11 Å². The van der Waals surface area contributed by atoms with Gasteiger partial charge in [0.15, 0.2) is 0 Å². The van der Waals surface area contributed by atoms with Crippen molar-refractivity contribution in [3.63, 3.8) is 0 Å². The van der Waals surface area contributed by atoms with Gasteiger partial charge >= 0.3 is 5.97 Å². The molecule has 0 saturated heterocycles. The summed E-state index contributed by atoms with van der Waals surface area (Å²) in [5, 5.41) is 20.1. The number of Topliss-reactive ketones (excluding diaryl/α,β-unsaturated/α-hetero) is 1. The Kier molecular flexibility index (Phi) is 7.36. The third-order valence-electron chi connectivity index (χ3n) is 5.65. The minimum atomic E-state index is -3.05. The van der Waals surface area contributed by atoms with Crippen LogP contribution in [0.25, 0.3) is 10.1 Å². The summed E-state index contributed by atoms with van der Waals surface area (Å²) in [5.41, 5.74) is 0. The molecule has 0 amide bonds. The van der Waals surface area contributed by atoms with Gasteiger partial charge < -0.3 is 10.2 Å². The lowest BCUT2D eigenvalue weighted by Crippen LogP contribution is -2.25. The van der Waals surface area contributed by atoms with E-state index in [9.17, 15) is 23.5 Å². The van der Waals surface area contributed by atoms with Crippen LogP contribution in [0.2, 0.25) is 0 Å². The molecule has 2 aromatic rings. The maximum Gasteiger partial charge on any atom is 0.303 e. The first kappa shape index (κ1) is 22.6. The van der Waals surface area contributed by atoms with Crippen molar-refractivity contribution in [3.8, 4) is 0 Å². The second-order valence-electron chi connectivity index (χ2n) is 7.90. The Morgan fingerprint density at radius 1 is 1.23 bits per heavy atom. The standard InChI is InChI=1S/C23H26F2O4S/c24-23(25)14-19(27)16(17(23)8-3-1-2-4-10-22(28)29)11-12-18(26)21-13-15-7-5-6-9-20(15)30-21/h5-7,9,11-13,16-18,26H,1-4,8,10,14H2,(H,28,29)/t16-,17-,18?/m1/s1. The van der Waals surface area contributed by atoms with Crippen molar-refractivity contribution in [1.29, 1.82) is 0 Å². The molecule has 162 valence electrons. The molecule has 1 unspecified atom stereocenters. The number of allylic oxidation sites excluding steroid dienone is 1. The topological polar surface area (TPSA) is 74.6 Å². The highest BCUT2D eigenvalue weighted by Gasteiger charge is 2.53. The number of aliphatic hydroxyl groups excluding tert-OH is 1. The molecule has 4 nitrogen and oxygen atoms in total. The molecule has 0 spiro atoms. The van der Waals surface area contributed by atoms with E-state index >= 15 is 0 Å². The molecular weight excluding hydrogens is 410 g/mol. The molecule has 3 atom stereocenters. The van der Waals surface area contributed by atoms with E-state index in [-0.39, 0.29) is 12.8 Å². The zero-order valence-corrected chi connectivity index (χ0v) is 17.4. The van der Waals surface area contributed by atoms with Gasteiger partial charge in [0, 0.05) is 27.8 Å². The molecule has 3 rings (SSSR count). The highest BCUT2D eigenvalue weighted by molar-refractivity contribution is 7.19. The summed E-state index contributed by atoms with van der Waals surface area (Å²) < 4.78 is 29.8. The molecule has 1 aromatic heterocycles. The number of carbonyl (C=O) groups is 2. The number of alkyl halides is 2. The molecule has 0 radical (unpaired) electrons. The van der Waals surface area contributed by atoms with Crippen molar-refractivity contribution < 1.29 is 28.6 Å². The molecule has 1 heterocycles. The zero-order chi connectivity index (χ0) is 21.7. The molecule has 7 heteroatoms. The monoisotopic (exact) mass is 436 g/mol. The van der Waals surface area contributed by atoms with Gasteiger partial charge in [0.05, 0.1) is 6.42 Å². The Morgan fingerprint density at radius 3 is 2.70 bits per heavy atom. The summed E-state index contributed by atoms with van der Waals surface area (Å²) in [5.74, 6) is -6.37. The molecule has 30 heavy (non-hydrogen) atoms. The number of ketones is 1. The molecule has 0 bridgehead atoms. The summed E-state index contributed by atoms with van der Waals surface area (Å²) >= 11 is 1.44. The van der Waals surface area contributed by atoms with Gasteiger partial charge in [-0.1, -0.05) is 49.6 Å². The first-order chi connectivity index (χ1) is 14.3. The van der Waals surface area contributed by atoms with Crippen molar-refractivity contribution in [3.05, 3.63) is 47.4 Å². The van der Waals surface area contributed by atoms with Crippen LogP contribution in [0.15, 0.2) is 42.5 Å². The van der Waals surface area contributed by atoms with Crippen LogP contribution in [0, 0.1) is 11.8 Å². The fourth-order valence-electron chi connectivity index (χ4n) is 4.06. The predicted octanol–water partition coefficient (Wildman–Crippen LogP) is 5.76. The summed E-state index contributed by atoms with van der Waals surface area (Å²) in [4.78, 5) is 23.5. The van der Waals surface area contributed by atoms with Gasteiger partial charge in [-0.3, -0.25) is 9.59 Å². The van der Waals surface area contributed by atoms with Gasteiger partial charge in [-0.25, -0.2) is 8.78 Å². The van der Waals surface area contributed by atoms with E-state index in [0.29, 0.717) is 30.6 Å². The SMILES string of the molecule is O=C(O)CCCCCC[C@@H]1[C@@H](C=CC(O)c2cc3ccccc3s2)C(=O)CC1(F)F. The van der Waals surface area contributed by atoms with Gasteiger partial charge in [-0.05, 0) is 30.4 Å². The number of fused-ring (bicyclic) bond motifs is 1. The number of carboxylic acid groups (broad SMARTS) is 1. The lowest BCUT2D eigenvalue weighted by molar-refractivity contribution is -0.137. The first-order valence-corrected chi connectivity index (χ1v) is 11.1. The smallest absolute Gasteiger partial charge is 0.303 e. The number of hydrogen-bond donors (Lipinski definition) is 2. The fourth-order valence-corrected chi connectivity index (χ4v) is 5.09. The van der Waals surface area contributed by atoms with Gasteiger partial charge in [0.2, 0.25) is 0 Å². The van der Waals surface area contributed by atoms with E-state index in [1.807, 2.05) is 30.3 Å². The average molecular weight is 437 g/mol. The second-order valence-corrected chi connectivity index (χ2v) is 9.01. The number of hydrogen-bond acceptors (Lipinski definition) is 4. The normalized spacial score (nSPS) is 22.2. The van der Waals surface area contributed by atoms with Crippen LogP contribution in [0.5, 0.6) is 0 Å². The number of carboxylic acids is 1. The molecule has 1 fully saturated rings. The fraction of sp³-hybridized carbons (Fsp3) is 0.478. The minimum absolute atomic E-state index is 0.0824. The van der Waals surface area contributed by atoms with Crippen molar-refractivity contribution in [1.82, 2.24) is 0 Å². The third kappa shape index (κ3) is 5.52. The largest absolute Gasteiger partial charge is 0.481 e.